The van der Waals surface area contributed by atoms with E-state index in [1.165, 1.54) is 5.56 Å². The van der Waals surface area contributed by atoms with Crippen LogP contribution in [0.15, 0.2) is 24.3 Å². The highest BCUT2D eigenvalue weighted by Gasteiger charge is 2.08. The molecule has 0 saturated carbocycles. The summed E-state index contributed by atoms with van der Waals surface area (Å²) in [7, 11) is 0. The average molecular weight is 242 g/mol. The number of hydrogen-bond acceptors (Lipinski definition) is 3. The highest BCUT2D eigenvalue weighted by molar-refractivity contribution is 7.15. The Bertz CT molecular complexity index is 547. The first-order valence-electron chi connectivity index (χ1n) is 5.67. The highest BCUT2D eigenvalue weighted by atomic mass is 32.1. The Labute approximate surface area is 106 Å². The first kappa shape index (κ1) is 11.8. The number of rotatable bonds is 3. The molecule has 0 aliphatic rings. The molecule has 0 spiro atoms. The van der Waals surface area contributed by atoms with Gasteiger partial charge in [0.15, 0.2) is 0 Å². The van der Waals surface area contributed by atoms with Gasteiger partial charge in [0.05, 0.1) is 18.2 Å². The molecule has 0 aliphatic heterocycles. The molecule has 17 heavy (non-hydrogen) atoms. The number of benzene rings is 1. The smallest absolute Gasteiger partial charge is 0.123 e. The van der Waals surface area contributed by atoms with Crippen molar-refractivity contribution in [2.24, 2.45) is 0 Å². The van der Waals surface area contributed by atoms with Crippen LogP contribution in [0, 0.1) is 18.3 Å². The van der Waals surface area contributed by atoms with Gasteiger partial charge in [-0.3, -0.25) is 0 Å². The van der Waals surface area contributed by atoms with Crippen LogP contribution in [0.25, 0.3) is 10.6 Å². The van der Waals surface area contributed by atoms with Gasteiger partial charge < -0.3 is 0 Å². The summed E-state index contributed by atoms with van der Waals surface area (Å²) in [6, 6.07) is 10.7. The standard InChI is InChI=1S/C14H14N2S/c1-3-11-4-6-12(7-5-11)14-16-10(2)13(17-14)8-9-15/h4-7H,3,8H2,1-2H3. The van der Waals surface area contributed by atoms with Crippen LogP contribution in [0.4, 0.5) is 0 Å². The number of nitrogens with zero attached hydrogens (tertiary/aromatic N) is 2. The van der Waals surface area contributed by atoms with E-state index in [0.717, 1.165) is 27.6 Å². The molecule has 0 unspecified atom stereocenters. The van der Waals surface area contributed by atoms with E-state index >= 15 is 0 Å². The van der Waals surface area contributed by atoms with Crippen LogP contribution >= 0.6 is 11.3 Å². The molecule has 1 aromatic carbocycles. The van der Waals surface area contributed by atoms with Gasteiger partial charge in [0.25, 0.3) is 0 Å². The minimum Gasteiger partial charge on any atom is -0.241 e. The molecule has 0 atom stereocenters. The minimum atomic E-state index is 0.455. The number of hydrogen-bond donors (Lipinski definition) is 0. The van der Waals surface area contributed by atoms with Crippen LogP contribution in [0.3, 0.4) is 0 Å². The van der Waals surface area contributed by atoms with Crippen molar-refractivity contribution in [2.45, 2.75) is 26.7 Å². The van der Waals surface area contributed by atoms with Gasteiger partial charge in [-0.2, -0.15) is 5.26 Å². The summed E-state index contributed by atoms with van der Waals surface area (Å²) in [4.78, 5) is 5.59. The van der Waals surface area contributed by atoms with E-state index in [0.29, 0.717) is 6.42 Å². The zero-order chi connectivity index (χ0) is 12.3. The third kappa shape index (κ3) is 2.54. The Morgan fingerprint density at radius 2 is 2.00 bits per heavy atom. The Hall–Kier alpha value is -1.66. The molecule has 0 amide bonds. The van der Waals surface area contributed by atoms with E-state index in [1.807, 2.05) is 6.92 Å². The largest absolute Gasteiger partial charge is 0.241 e. The maximum Gasteiger partial charge on any atom is 0.123 e. The molecule has 0 N–H and O–H groups in total. The number of aryl methyl sites for hydroxylation is 2. The number of aromatic nitrogens is 1. The zero-order valence-electron chi connectivity index (χ0n) is 10.0. The van der Waals surface area contributed by atoms with Gasteiger partial charge in [-0.25, -0.2) is 4.98 Å². The second-order valence-electron chi connectivity index (χ2n) is 3.91. The van der Waals surface area contributed by atoms with Gasteiger partial charge >= 0.3 is 0 Å². The number of thiazole rings is 1. The van der Waals surface area contributed by atoms with E-state index in [-0.39, 0.29) is 0 Å². The molecule has 0 bridgehead atoms. The Morgan fingerprint density at radius 3 is 2.59 bits per heavy atom. The van der Waals surface area contributed by atoms with Crippen molar-refractivity contribution < 1.29 is 0 Å². The summed E-state index contributed by atoms with van der Waals surface area (Å²) >= 11 is 1.62. The lowest BCUT2D eigenvalue weighted by atomic mass is 10.1. The fourth-order valence-corrected chi connectivity index (χ4v) is 2.67. The van der Waals surface area contributed by atoms with Crippen LogP contribution in [0.5, 0.6) is 0 Å². The van der Waals surface area contributed by atoms with Crippen molar-refractivity contribution in [2.75, 3.05) is 0 Å². The first-order chi connectivity index (χ1) is 8.24. The van der Waals surface area contributed by atoms with Crippen LogP contribution in [0.1, 0.15) is 23.1 Å². The molecule has 0 fully saturated rings. The van der Waals surface area contributed by atoms with E-state index < -0.39 is 0 Å². The van der Waals surface area contributed by atoms with Crippen LogP contribution in [-0.2, 0) is 12.8 Å². The van der Waals surface area contributed by atoms with Gasteiger partial charge in [-0.15, -0.1) is 11.3 Å². The quantitative estimate of drug-likeness (QED) is 0.822. The Kier molecular flexibility index (Phi) is 3.55. The maximum absolute atomic E-state index is 8.72. The van der Waals surface area contributed by atoms with Crippen molar-refractivity contribution in [3.8, 4) is 16.6 Å². The molecule has 86 valence electrons. The van der Waals surface area contributed by atoms with Crippen LogP contribution < -0.4 is 0 Å². The second-order valence-corrected chi connectivity index (χ2v) is 5.00. The monoisotopic (exact) mass is 242 g/mol. The number of nitriles is 1. The zero-order valence-corrected chi connectivity index (χ0v) is 10.8. The van der Waals surface area contributed by atoms with Crippen LogP contribution in [-0.4, -0.2) is 4.98 Å². The second kappa shape index (κ2) is 5.11. The third-order valence-electron chi connectivity index (χ3n) is 2.74. The predicted octanol–water partition coefficient (Wildman–Crippen LogP) is 3.75. The molecular formula is C14H14N2S. The van der Waals surface area contributed by atoms with Gasteiger partial charge in [-0.05, 0) is 18.9 Å². The fourth-order valence-electron chi connectivity index (χ4n) is 1.67. The molecule has 2 rings (SSSR count). The van der Waals surface area contributed by atoms with Crippen molar-refractivity contribution in [1.82, 2.24) is 4.98 Å². The molecule has 3 heteroatoms. The molecule has 2 nitrogen and oxygen atoms in total. The SMILES string of the molecule is CCc1ccc(-c2nc(C)c(CC#N)s2)cc1. The maximum atomic E-state index is 8.72. The summed E-state index contributed by atoms with van der Waals surface area (Å²) in [6.45, 7) is 4.11. The Balaban J connectivity index is 2.33. The third-order valence-corrected chi connectivity index (χ3v) is 3.95. The van der Waals surface area contributed by atoms with Crippen LogP contribution in [0.2, 0.25) is 0 Å². The van der Waals surface area contributed by atoms with Crippen molar-refractivity contribution in [1.29, 1.82) is 5.26 Å². The Morgan fingerprint density at radius 1 is 1.29 bits per heavy atom. The highest BCUT2D eigenvalue weighted by Crippen LogP contribution is 2.28. The lowest BCUT2D eigenvalue weighted by Gasteiger charge is -1.98. The predicted molar refractivity (Wildman–Crippen MR) is 71.0 cm³/mol. The molecule has 0 aliphatic carbocycles. The first-order valence-corrected chi connectivity index (χ1v) is 6.48. The average Bonchev–Trinajstić information content (AvgIpc) is 2.72. The molecular weight excluding hydrogens is 228 g/mol. The van der Waals surface area contributed by atoms with Crippen molar-refractivity contribution in [3.63, 3.8) is 0 Å². The lowest BCUT2D eigenvalue weighted by Crippen LogP contribution is -1.81. The van der Waals surface area contributed by atoms with E-state index in [1.54, 1.807) is 11.3 Å². The topological polar surface area (TPSA) is 36.7 Å². The summed E-state index contributed by atoms with van der Waals surface area (Å²) in [5.74, 6) is 0. The molecule has 1 heterocycles. The van der Waals surface area contributed by atoms with Gasteiger partial charge in [0.2, 0.25) is 0 Å². The molecule has 1 aromatic heterocycles. The van der Waals surface area contributed by atoms with Crippen molar-refractivity contribution >= 4 is 11.3 Å². The minimum absolute atomic E-state index is 0.455. The summed E-state index contributed by atoms with van der Waals surface area (Å²) in [5.41, 5.74) is 3.45. The molecule has 0 saturated heterocycles. The van der Waals surface area contributed by atoms with Gasteiger partial charge in [0.1, 0.15) is 5.01 Å². The van der Waals surface area contributed by atoms with Crippen molar-refractivity contribution in [3.05, 3.63) is 40.4 Å². The van der Waals surface area contributed by atoms with E-state index in [9.17, 15) is 0 Å². The van der Waals surface area contributed by atoms with E-state index in [4.69, 9.17) is 5.26 Å². The fraction of sp³-hybridized carbons (Fsp3) is 0.286. The summed E-state index contributed by atoms with van der Waals surface area (Å²) < 4.78 is 0. The normalized spacial score (nSPS) is 10.2. The van der Waals surface area contributed by atoms with Gasteiger partial charge in [0, 0.05) is 10.4 Å². The summed E-state index contributed by atoms with van der Waals surface area (Å²) in [5, 5.41) is 9.73. The summed E-state index contributed by atoms with van der Waals surface area (Å²) in [6.07, 6.45) is 1.51. The van der Waals surface area contributed by atoms with Gasteiger partial charge in [-0.1, -0.05) is 31.2 Å². The lowest BCUT2D eigenvalue weighted by molar-refractivity contribution is 1.14. The molecule has 0 radical (unpaired) electrons. The molecule has 2 aromatic rings. The van der Waals surface area contributed by atoms with E-state index in [2.05, 4.69) is 42.2 Å².